The lowest BCUT2D eigenvalue weighted by Crippen LogP contribution is -2.33. The van der Waals surface area contributed by atoms with Crippen LogP contribution in [0.5, 0.6) is 0 Å². The molecule has 3 aromatic carbocycles. The van der Waals surface area contributed by atoms with Gasteiger partial charge in [-0.3, -0.25) is 9.59 Å². The molecule has 1 amide bonds. The first-order chi connectivity index (χ1) is 13.6. The average Bonchev–Trinajstić information content (AvgIpc) is 2.75. The van der Waals surface area contributed by atoms with Gasteiger partial charge >= 0.3 is 0 Å². The van der Waals surface area contributed by atoms with Crippen molar-refractivity contribution in [2.75, 3.05) is 0 Å². The van der Waals surface area contributed by atoms with Crippen molar-refractivity contribution in [1.29, 1.82) is 0 Å². The molecule has 0 fully saturated rings. The average molecular weight is 369 g/mol. The maximum atomic E-state index is 12.9. The summed E-state index contributed by atoms with van der Waals surface area (Å²) in [6, 6.07) is 26.0. The summed E-state index contributed by atoms with van der Waals surface area (Å²) in [4.78, 5) is 25.8. The Labute approximate surface area is 162 Å². The third-order valence-electron chi connectivity index (χ3n) is 4.65. The van der Waals surface area contributed by atoms with Crippen LogP contribution in [0, 0.1) is 0 Å². The molecule has 28 heavy (non-hydrogen) atoms. The van der Waals surface area contributed by atoms with E-state index in [9.17, 15) is 9.59 Å². The normalized spacial score (nSPS) is 11.9. The van der Waals surface area contributed by atoms with Gasteiger partial charge in [0, 0.05) is 0 Å². The zero-order valence-corrected chi connectivity index (χ0v) is 15.4. The van der Waals surface area contributed by atoms with E-state index in [1.54, 1.807) is 16.8 Å². The highest BCUT2D eigenvalue weighted by molar-refractivity contribution is 5.95. The van der Waals surface area contributed by atoms with E-state index in [0.717, 1.165) is 11.3 Å². The Hall–Kier alpha value is -3.73. The molecule has 1 heterocycles. The smallest absolute Gasteiger partial charge is 0.276 e. The lowest BCUT2D eigenvalue weighted by atomic mass is 10.1. The van der Waals surface area contributed by atoms with Gasteiger partial charge in [-0.15, -0.1) is 0 Å². The third kappa shape index (κ3) is 3.30. The summed E-state index contributed by atoms with van der Waals surface area (Å²) in [5.41, 5.74) is 1.90. The summed E-state index contributed by atoms with van der Waals surface area (Å²) in [6.45, 7) is 1.88. The predicted octanol–water partition coefficient (Wildman–Crippen LogP) is 3.88. The summed E-state index contributed by atoms with van der Waals surface area (Å²) in [6.07, 6.45) is 0. The minimum Gasteiger partial charge on any atom is -0.344 e. The molecule has 0 aliphatic carbocycles. The van der Waals surface area contributed by atoms with E-state index in [4.69, 9.17) is 0 Å². The molecule has 0 aliphatic heterocycles. The molecule has 0 saturated heterocycles. The number of fused-ring (bicyclic) bond motifs is 1. The van der Waals surface area contributed by atoms with Gasteiger partial charge < -0.3 is 5.32 Å². The number of hydrogen-bond donors (Lipinski definition) is 1. The Morgan fingerprint density at radius 1 is 0.893 bits per heavy atom. The van der Waals surface area contributed by atoms with Crippen molar-refractivity contribution in [3.63, 3.8) is 0 Å². The summed E-state index contributed by atoms with van der Waals surface area (Å²) in [7, 11) is 0. The standard InChI is InChI=1S/C23H19N3O2/c1-16(17-10-4-2-5-11-17)24-23(28)21-22(27)19-14-8-9-15-20(19)26(25-21)18-12-6-3-7-13-18/h2-16H,1H3,(H,24,28)/t16-/m1/s1. The first-order valence-electron chi connectivity index (χ1n) is 9.08. The first kappa shape index (κ1) is 17.7. The number of nitrogens with one attached hydrogen (secondary N) is 1. The molecular weight excluding hydrogens is 350 g/mol. The van der Waals surface area contributed by atoms with Gasteiger partial charge in [-0.25, -0.2) is 4.68 Å². The number of benzene rings is 3. The lowest BCUT2D eigenvalue weighted by Gasteiger charge is -2.15. The molecule has 4 aromatic rings. The van der Waals surface area contributed by atoms with Crippen molar-refractivity contribution >= 4 is 16.8 Å². The Kier molecular flexibility index (Phi) is 4.72. The van der Waals surface area contributed by atoms with Crippen LogP contribution in [0.3, 0.4) is 0 Å². The molecule has 0 spiro atoms. The van der Waals surface area contributed by atoms with E-state index >= 15 is 0 Å². The molecule has 0 radical (unpaired) electrons. The van der Waals surface area contributed by atoms with Gasteiger partial charge in [0.2, 0.25) is 5.43 Å². The molecule has 138 valence electrons. The molecule has 0 bridgehead atoms. The lowest BCUT2D eigenvalue weighted by molar-refractivity contribution is 0.0932. The van der Waals surface area contributed by atoms with Gasteiger partial charge in [0.05, 0.1) is 22.6 Å². The van der Waals surface area contributed by atoms with Crippen LogP contribution in [-0.2, 0) is 0 Å². The minimum atomic E-state index is -0.489. The van der Waals surface area contributed by atoms with Gasteiger partial charge in [0.1, 0.15) is 0 Å². The molecule has 1 N–H and O–H groups in total. The molecule has 1 aromatic heterocycles. The van der Waals surface area contributed by atoms with Gasteiger partial charge in [0.25, 0.3) is 5.91 Å². The fourth-order valence-corrected chi connectivity index (χ4v) is 3.18. The highest BCUT2D eigenvalue weighted by Crippen LogP contribution is 2.16. The Morgan fingerprint density at radius 2 is 1.50 bits per heavy atom. The maximum Gasteiger partial charge on any atom is 0.276 e. The van der Waals surface area contributed by atoms with Crippen LogP contribution in [0.15, 0.2) is 89.7 Å². The van der Waals surface area contributed by atoms with Gasteiger partial charge in [-0.1, -0.05) is 60.7 Å². The second-order valence-corrected chi connectivity index (χ2v) is 6.55. The predicted molar refractivity (Wildman–Crippen MR) is 110 cm³/mol. The van der Waals surface area contributed by atoms with Crippen LogP contribution in [0.2, 0.25) is 0 Å². The van der Waals surface area contributed by atoms with Crippen molar-refractivity contribution in [3.8, 4) is 5.69 Å². The Balaban J connectivity index is 1.80. The fourth-order valence-electron chi connectivity index (χ4n) is 3.18. The molecule has 5 heteroatoms. The Bertz CT molecular complexity index is 1180. The van der Waals surface area contributed by atoms with Crippen LogP contribution >= 0.6 is 0 Å². The van der Waals surface area contributed by atoms with Crippen molar-refractivity contribution in [3.05, 3.63) is 106 Å². The van der Waals surface area contributed by atoms with E-state index in [2.05, 4.69) is 10.4 Å². The second-order valence-electron chi connectivity index (χ2n) is 6.55. The zero-order chi connectivity index (χ0) is 19.5. The molecule has 4 rings (SSSR count). The molecule has 5 nitrogen and oxygen atoms in total. The SMILES string of the molecule is C[C@@H](NC(=O)c1nn(-c2ccccc2)c2ccccc2c1=O)c1ccccc1. The number of amides is 1. The largest absolute Gasteiger partial charge is 0.344 e. The van der Waals surface area contributed by atoms with Crippen molar-refractivity contribution in [2.24, 2.45) is 0 Å². The molecule has 1 atom stereocenters. The first-order valence-corrected chi connectivity index (χ1v) is 9.08. The van der Waals surface area contributed by atoms with Crippen molar-refractivity contribution < 1.29 is 4.79 Å². The molecule has 0 aliphatic rings. The molecule has 0 saturated carbocycles. The molecule has 0 unspecified atom stereocenters. The summed E-state index contributed by atoms with van der Waals surface area (Å²) < 4.78 is 1.64. The quantitative estimate of drug-likeness (QED) is 0.594. The van der Waals surface area contributed by atoms with Crippen LogP contribution in [0.1, 0.15) is 29.0 Å². The van der Waals surface area contributed by atoms with Crippen LogP contribution in [0.4, 0.5) is 0 Å². The van der Waals surface area contributed by atoms with Crippen molar-refractivity contribution in [1.82, 2.24) is 15.1 Å². The minimum absolute atomic E-state index is 0.120. The summed E-state index contributed by atoms with van der Waals surface area (Å²) >= 11 is 0. The number of hydrogen-bond acceptors (Lipinski definition) is 3. The molecular formula is C23H19N3O2. The van der Waals surface area contributed by atoms with Crippen LogP contribution < -0.4 is 10.7 Å². The second kappa shape index (κ2) is 7.48. The van der Waals surface area contributed by atoms with Gasteiger partial charge in [0.15, 0.2) is 5.69 Å². The highest BCUT2D eigenvalue weighted by Gasteiger charge is 2.20. The van der Waals surface area contributed by atoms with E-state index < -0.39 is 5.91 Å². The van der Waals surface area contributed by atoms with Crippen LogP contribution in [0.25, 0.3) is 16.6 Å². The van der Waals surface area contributed by atoms with E-state index in [1.807, 2.05) is 79.7 Å². The maximum absolute atomic E-state index is 12.9. The highest BCUT2D eigenvalue weighted by atomic mass is 16.2. The van der Waals surface area contributed by atoms with Crippen LogP contribution in [-0.4, -0.2) is 15.7 Å². The van der Waals surface area contributed by atoms with Gasteiger partial charge in [-0.2, -0.15) is 5.10 Å². The third-order valence-corrected chi connectivity index (χ3v) is 4.65. The number of carbonyl (C=O) groups excluding carboxylic acids is 1. The summed E-state index contributed by atoms with van der Waals surface area (Å²) in [5.74, 6) is -0.489. The number of rotatable bonds is 4. The van der Waals surface area contributed by atoms with E-state index in [1.165, 1.54) is 0 Å². The van der Waals surface area contributed by atoms with Gasteiger partial charge in [-0.05, 0) is 36.8 Å². The zero-order valence-electron chi connectivity index (χ0n) is 15.4. The van der Waals surface area contributed by atoms with Crippen molar-refractivity contribution in [2.45, 2.75) is 13.0 Å². The summed E-state index contributed by atoms with van der Waals surface area (Å²) in [5, 5.41) is 7.75. The monoisotopic (exact) mass is 369 g/mol. The topological polar surface area (TPSA) is 64.0 Å². The Morgan fingerprint density at radius 3 is 2.21 bits per heavy atom. The fraction of sp³-hybridized carbons (Fsp3) is 0.0870. The number of aromatic nitrogens is 2. The van der Waals surface area contributed by atoms with E-state index in [0.29, 0.717) is 10.9 Å². The number of carbonyl (C=O) groups is 1. The van der Waals surface area contributed by atoms with E-state index in [-0.39, 0.29) is 17.2 Å². The number of para-hydroxylation sites is 2. The number of nitrogens with zero attached hydrogens (tertiary/aromatic N) is 2.